The predicted octanol–water partition coefficient (Wildman–Crippen LogP) is 3.01. The number of benzene rings is 1. The topological polar surface area (TPSA) is 47.3 Å². The van der Waals surface area contributed by atoms with Crippen LogP contribution in [0, 0.1) is 0 Å². The highest BCUT2D eigenvalue weighted by atomic mass is 79.9. The summed E-state index contributed by atoms with van der Waals surface area (Å²) in [7, 11) is 0. The number of aliphatic hydroxyl groups excluding tert-OH is 1. The molecule has 0 saturated heterocycles. The molecule has 1 aromatic heterocycles. The Hall–Kier alpha value is -1.17. The van der Waals surface area contributed by atoms with Crippen molar-refractivity contribution in [2.24, 2.45) is 0 Å². The predicted molar refractivity (Wildman–Crippen MR) is 79.4 cm³/mol. The SMILES string of the molecule is CCn1ncc(Br)c1C(O)C1OCCc2ccccc21. The molecule has 0 spiro atoms. The number of fused-ring (bicyclic) bond motifs is 1. The number of ether oxygens (including phenoxy) is 1. The molecular weight excluding hydrogens is 320 g/mol. The average molecular weight is 337 g/mol. The van der Waals surface area contributed by atoms with Gasteiger partial charge in [0.05, 0.1) is 23.0 Å². The summed E-state index contributed by atoms with van der Waals surface area (Å²) in [4.78, 5) is 0. The third-order valence-corrected chi connectivity index (χ3v) is 4.34. The van der Waals surface area contributed by atoms with E-state index in [2.05, 4.69) is 27.1 Å². The lowest BCUT2D eigenvalue weighted by Gasteiger charge is -2.30. The molecule has 1 aromatic carbocycles. The smallest absolute Gasteiger partial charge is 0.127 e. The van der Waals surface area contributed by atoms with Crippen LogP contribution in [0.1, 0.15) is 36.0 Å². The maximum absolute atomic E-state index is 10.8. The molecule has 0 aliphatic carbocycles. The lowest BCUT2D eigenvalue weighted by molar-refractivity contribution is -0.0518. The first-order valence-corrected chi connectivity index (χ1v) is 7.60. The van der Waals surface area contributed by atoms with Gasteiger partial charge in [0.15, 0.2) is 0 Å². The molecule has 2 aromatic rings. The zero-order valence-electron chi connectivity index (χ0n) is 11.3. The van der Waals surface area contributed by atoms with Gasteiger partial charge in [-0.1, -0.05) is 24.3 Å². The first-order chi connectivity index (χ1) is 9.72. The second-order valence-electron chi connectivity index (χ2n) is 4.88. The van der Waals surface area contributed by atoms with Crippen molar-refractivity contribution in [3.63, 3.8) is 0 Å². The maximum atomic E-state index is 10.8. The third-order valence-electron chi connectivity index (χ3n) is 3.73. The third kappa shape index (κ3) is 2.30. The van der Waals surface area contributed by atoms with E-state index in [0.717, 1.165) is 22.2 Å². The summed E-state index contributed by atoms with van der Waals surface area (Å²) in [6, 6.07) is 8.14. The summed E-state index contributed by atoms with van der Waals surface area (Å²) >= 11 is 3.47. The van der Waals surface area contributed by atoms with Gasteiger partial charge in [-0.3, -0.25) is 4.68 Å². The Morgan fingerprint density at radius 3 is 3.10 bits per heavy atom. The van der Waals surface area contributed by atoms with Crippen molar-refractivity contribution in [2.45, 2.75) is 32.1 Å². The normalized spacial score (nSPS) is 19.6. The van der Waals surface area contributed by atoms with Gasteiger partial charge in [0, 0.05) is 6.54 Å². The van der Waals surface area contributed by atoms with E-state index in [9.17, 15) is 5.11 Å². The molecular formula is C15H17BrN2O2. The molecule has 2 unspecified atom stereocenters. The molecule has 20 heavy (non-hydrogen) atoms. The zero-order chi connectivity index (χ0) is 14.1. The Labute approximate surface area is 126 Å². The van der Waals surface area contributed by atoms with Gasteiger partial charge in [-0.15, -0.1) is 0 Å². The minimum absolute atomic E-state index is 0.335. The van der Waals surface area contributed by atoms with E-state index in [-0.39, 0.29) is 6.10 Å². The summed E-state index contributed by atoms with van der Waals surface area (Å²) in [6.45, 7) is 3.36. The summed E-state index contributed by atoms with van der Waals surface area (Å²) in [5.74, 6) is 0. The monoisotopic (exact) mass is 336 g/mol. The van der Waals surface area contributed by atoms with Crippen molar-refractivity contribution < 1.29 is 9.84 Å². The Morgan fingerprint density at radius 2 is 2.30 bits per heavy atom. The molecule has 0 fully saturated rings. The van der Waals surface area contributed by atoms with E-state index in [1.165, 1.54) is 5.56 Å². The van der Waals surface area contributed by atoms with Crippen LogP contribution in [0.25, 0.3) is 0 Å². The number of aromatic nitrogens is 2. The first kappa shape index (κ1) is 13.8. The number of nitrogens with zero attached hydrogens (tertiary/aromatic N) is 2. The van der Waals surface area contributed by atoms with Crippen LogP contribution in [-0.4, -0.2) is 21.5 Å². The van der Waals surface area contributed by atoms with E-state index in [1.54, 1.807) is 10.9 Å². The number of hydrogen-bond acceptors (Lipinski definition) is 3. The fourth-order valence-corrected chi connectivity index (χ4v) is 3.28. The second-order valence-corrected chi connectivity index (χ2v) is 5.73. The lowest BCUT2D eigenvalue weighted by Crippen LogP contribution is -2.24. The molecule has 3 rings (SSSR count). The Morgan fingerprint density at radius 1 is 1.50 bits per heavy atom. The van der Waals surface area contributed by atoms with Crippen LogP contribution in [-0.2, 0) is 17.7 Å². The van der Waals surface area contributed by atoms with Crippen LogP contribution in [0.4, 0.5) is 0 Å². The van der Waals surface area contributed by atoms with Crippen LogP contribution < -0.4 is 0 Å². The molecule has 106 valence electrons. The van der Waals surface area contributed by atoms with E-state index in [1.807, 2.05) is 25.1 Å². The van der Waals surface area contributed by atoms with Gasteiger partial charge in [0.2, 0.25) is 0 Å². The van der Waals surface area contributed by atoms with Crippen molar-refractivity contribution in [3.05, 3.63) is 51.8 Å². The fraction of sp³-hybridized carbons (Fsp3) is 0.400. The van der Waals surface area contributed by atoms with E-state index >= 15 is 0 Å². The van der Waals surface area contributed by atoms with Crippen molar-refractivity contribution in [2.75, 3.05) is 6.61 Å². The lowest BCUT2D eigenvalue weighted by atomic mass is 9.93. The minimum atomic E-state index is -0.728. The van der Waals surface area contributed by atoms with E-state index < -0.39 is 6.10 Å². The highest BCUT2D eigenvalue weighted by molar-refractivity contribution is 9.10. The van der Waals surface area contributed by atoms with Crippen molar-refractivity contribution in [3.8, 4) is 0 Å². The molecule has 1 aliphatic heterocycles. The molecule has 0 saturated carbocycles. The van der Waals surface area contributed by atoms with Crippen molar-refractivity contribution in [1.82, 2.24) is 9.78 Å². The van der Waals surface area contributed by atoms with Gasteiger partial charge in [0.25, 0.3) is 0 Å². The number of hydrogen-bond donors (Lipinski definition) is 1. The maximum Gasteiger partial charge on any atom is 0.127 e. The average Bonchev–Trinajstić information content (AvgIpc) is 2.87. The van der Waals surface area contributed by atoms with Crippen molar-refractivity contribution in [1.29, 1.82) is 0 Å². The highest BCUT2D eigenvalue weighted by Crippen LogP contribution is 2.39. The molecule has 0 amide bonds. The van der Waals surface area contributed by atoms with E-state index in [4.69, 9.17) is 4.74 Å². The Bertz CT molecular complexity index is 612. The molecule has 0 bridgehead atoms. The van der Waals surface area contributed by atoms with Gasteiger partial charge in [-0.05, 0) is 40.4 Å². The molecule has 0 radical (unpaired) electrons. The van der Waals surface area contributed by atoms with E-state index in [0.29, 0.717) is 13.2 Å². The Kier molecular flexibility index (Phi) is 3.92. The zero-order valence-corrected chi connectivity index (χ0v) is 12.9. The number of rotatable bonds is 3. The van der Waals surface area contributed by atoms with Crippen LogP contribution >= 0.6 is 15.9 Å². The minimum Gasteiger partial charge on any atom is -0.384 e. The van der Waals surface area contributed by atoms with Gasteiger partial charge in [0.1, 0.15) is 12.2 Å². The second kappa shape index (κ2) is 5.68. The van der Waals surface area contributed by atoms with Crippen LogP contribution in [0.3, 0.4) is 0 Å². The molecule has 5 heteroatoms. The van der Waals surface area contributed by atoms with Crippen molar-refractivity contribution >= 4 is 15.9 Å². The molecule has 1 N–H and O–H groups in total. The van der Waals surface area contributed by atoms with Gasteiger partial charge >= 0.3 is 0 Å². The standard InChI is InChI=1S/C15H17BrN2O2/c1-2-18-13(12(16)9-17-18)14(19)15-11-6-4-3-5-10(11)7-8-20-15/h3-6,9,14-15,19H,2,7-8H2,1H3. The highest BCUT2D eigenvalue weighted by Gasteiger charge is 2.31. The quantitative estimate of drug-likeness (QED) is 0.937. The fourth-order valence-electron chi connectivity index (χ4n) is 2.75. The summed E-state index contributed by atoms with van der Waals surface area (Å²) < 4.78 is 8.45. The molecule has 4 nitrogen and oxygen atoms in total. The molecule has 1 aliphatic rings. The molecule has 2 heterocycles. The number of halogens is 1. The van der Waals surface area contributed by atoms with Gasteiger partial charge in [-0.25, -0.2) is 0 Å². The number of aryl methyl sites for hydroxylation is 1. The Balaban J connectivity index is 1.99. The molecule has 2 atom stereocenters. The van der Waals surface area contributed by atoms with Crippen LogP contribution in [0.5, 0.6) is 0 Å². The summed E-state index contributed by atoms with van der Waals surface area (Å²) in [6.07, 6.45) is 1.55. The largest absolute Gasteiger partial charge is 0.384 e. The summed E-state index contributed by atoms with van der Waals surface area (Å²) in [5, 5.41) is 15.0. The van der Waals surface area contributed by atoms with Crippen LogP contribution in [0.2, 0.25) is 0 Å². The summed E-state index contributed by atoms with van der Waals surface area (Å²) in [5.41, 5.74) is 3.10. The number of aliphatic hydroxyl groups is 1. The van der Waals surface area contributed by atoms with Gasteiger partial charge < -0.3 is 9.84 Å². The van der Waals surface area contributed by atoms with Crippen LogP contribution in [0.15, 0.2) is 34.9 Å². The van der Waals surface area contributed by atoms with Gasteiger partial charge in [-0.2, -0.15) is 5.10 Å². The first-order valence-electron chi connectivity index (χ1n) is 6.81.